The summed E-state index contributed by atoms with van der Waals surface area (Å²) in [6, 6.07) is 0. The highest BCUT2D eigenvalue weighted by Crippen LogP contribution is 1.99. The van der Waals surface area contributed by atoms with Gasteiger partial charge in [-0.2, -0.15) is 0 Å². The number of rotatable bonds is 6. The molecule has 0 N–H and O–H groups in total. The number of aryl methyl sites for hydroxylation is 1. The molecule has 0 unspecified atom stereocenters. The van der Waals surface area contributed by atoms with E-state index in [0.717, 1.165) is 0 Å². The van der Waals surface area contributed by atoms with Crippen molar-refractivity contribution in [2.75, 3.05) is 13.7 Å². The summed E-state index contributed by atoms with van der Waals surface area (Å²) in [5.74, 6) is -0.762. The second-order valence-corrected chi connectivity index (χ2v) is 3.27. The lowest BCUT2D eigenvalue weighted by atomic mass is 10.3. The zero-order valence-electron chi connectivity index (χ0n) is 9.88. The van der Waals surface area contributed by atoms with Crippen LogP contribution in [0.2, 0.25) is 0 Å². The van der Waals surface area contributed by atoms with Crippen LogP contribution in [0.1, 0.15) is 30.3 Å². The molecule has 1 aromatic rings. The minimum absolute atomic E-state index is 0.156. The first-order chi connectivity index (χ1) is 8.17. The molecule has 0 saturated heterocycles. The maximum Gasteiger partial charge on any atom is 0.360 e. The Labute approximate surface area is 98.7 Å². The summed E-state index contributed by atoms with van der Waals surface area (Å²) in [4.78, 5) is 22.1. The Kier molecular flexibility index (Phi) is 5.12. The standard InChI is InChI=1S/C10H15N3O4/c1-3-17-9(14)5-4-6-13-7-8(11-12-13)10(15)16-2/h7H,3-6H2,1-2H3. The number of methoxy groups -OCH3 is 1. The van der Waals surface area contributed by atoms with E-state index in [-0.39, 0.29) is 11.7 Å². The number of esters is 2. The van der Waals surface area contributed by atoms with E-state index in [4.69, 9.17) is 4.74 Å². The Bertz CT molecular complexity index is 389. The van der Waals surface area contributed by atoms with Crippen molar-refractivity contribution in [2.45, 2.75) is 26.3 Å². The Hall–Kier alpha value is -1.92. The molecule has 0 aliphatic heterocycles. The summed E-state index contributed by atoms with van der Waals surface area (Å²) < 4.78 is 10.8. The first kappa shape index (κ1) is 13.1. The lowest BCUT2D eigenvalue weighted by Gasteiger charge is -2.01. The fraction of sp³-hybridized carbons (Fsp3) is 0.600. The van der Waals surface area contributed by atoms with Crippen LogP contribution in [-0.2, 0) is 20.8 Å². The average Bonchev–Trinajstić information content (AvgIpc) is 2.77. The van der Waals surface area contributed by atoms with Gasteiger partial charge in [-0.25, -0.2) is 4.79 Å². The molecule has 0 radical (unpaired) electrons. The van der Waals surface area contributed by atoms with Crippen LogP contribution in [-0.4, -0.2) is 40.6 Å². The van der Waals surface area contributed by atoms with E-state index < -0.39 is 5.97 Å². The van der Waals surface area contributed by atoms with Crippen molar-refractivity contribution in [1.29, 1.82) is 0 Å². The largest absolute Gasteiger partial charge is 0.466 e. The highest BCUT2D eigenvalue weighted by Gasteiger charge is 2.10. The Balaban J connectivity index is 2.35. The number of hydrogen-bond acceptors (Lipinski definition) is 6. The van der Waals surface area contributed by atoms with Gasteiger partial charge in [-0.15, -0.1) is 5.10 Å². The van der Waals surface area contributed by atoms with Crippen LogP contribution >= 0.6 is 0 Å². The predicted octanol–water partition coefficient (Wildman–Crippen LogP) is 0.408. The molecule has 0 fully saturated rings. The van der Waals surface area contributed by atoms with Crippen molar-refractivity contribution >= 4 is 11.9 Å². The van der Waals surface area contributed by atoms with Gasteiger partial charge in [0.1, 0.15) is 0 Å². The molecule has 0 aliphatic rings. The lowest BCUT2D eigenvalue weighted by molar-refractivity contribution is -0.143. The van der Waals surface area contributed by atoms with E-state index >= 15 is 0 Å². The minimum atomic E-state index is -0.526. The van der Waals surface area contributed by atoms with Gasteiger partial charge >= 0.3 is 11.9 Å². The molecule has 0 atom stereocenters. The van der Waals surface area contributed by atoms with Crippen LogP contribution < -0.4 is 0 Å². The smallest absolute Gasteiger partial charge is 0.360 e. The fourth-order valence-corrected chi connectivity index (χ4v) is 1.22. The maximum atomic E-state index is 11.1. The summed E-state index contributed by atoms with van der Waals surface area (Å²) in [5.41, 5.74) is 0.156. The number of aromatic nitrogens is 3. The first-order valence-corrected chi connectivity index (χ1v) is 5.31. The van der Waals surface area contributed by atoms with E-state index in [1.165, 1.54) is 18.0 Å². The zero-order valence-corrected chi connectivity index (χ0v) is 9.88. The summed E-state index contributed by atoms with van der Waals surface area (Å²) in [5, 5.41) is 7.39. The van der Waals surface area contributed by atoms with Gasteiger partial charge in [0, 0.05) is 13.0 Å². The number of ether oxygens (including phenoxy) is 2. The predicted molar refractivity (Wildman–Crippen MR) is 57.2 cm³/mol. The summed E-state index contributed by atoms with van der Waals surface area (Å²) in [6.45, 7) is 2.65. The van der Waals surface area contributed by atoms with Crippen molar-refractivity contribution < 1.29 is 19.1 Å². The Morgan fingerprint density at radius 2 is 2.24 bits per heavy atom. The molecular weight excluding hydrogens is 226 g/mol. The van der Waals surface area contributed by atoms with Crippen LogP contribution in [0.5, 0.6) is 0 Å². The first-order valence-electron chi connectivity index (χ1n) is 5.31. The van der Waals surface area contributed by atoms with Gasteiger partial charge in [-0.1, -0.05) is 5.21 Å². The van der Waals surface area contributed by atoms with E-state index in [1.807, 2.05) is 0 Å². The van der Waals surface area contributed by atoms with Gasteiger partial charge in [0.15, 0.2) is 5.69 Å². The topological polar surface area (TPSA) is 83.3 Å². The summed E-state index contributed by atoms with van der Waals surface area (Å²) in [7, 11) is 1.28. The number of carbonyl (C=O) groups excluding carboxylic acids is 2. The second-order valence-electron chi connectivity index (χ2n) is 3.27. The minimum Gasteiger partial charge on any atom is -0.466 e. The molecule has 1 rings (SSSR count). The van der Waals surface area contributed by atoms with Crippen molar-refractivity contribution in [3.05, 3.63) is 11.9 Å². The SMILES string of the molecule is CCOC(=O)CCCn1cc(C(=O)OC)nn1. The van der Waals surface area contributed by atoms with E-state index in [0.29, 0.717) is 26.0 Å². The van der Waals surface area contributed by atoms with Gasteiger partial charge in [0.25, 0.3) is 0 Å². The van der Waals surface area contributed by atoms with Crippen LogP contribution in [0.4, 0.5) is 0 Å². The summed E-state index contributed by atoms with van der Waals surface area (Å²) in [6.07, 6.45) is 2.39. The van der Waals surface area contributed by atoms with Gasteiger partial charge < -0.3 is 9.47 Å². The molecule has 0 amide bonds. The average molecular weight is 241 g/mol. The quantitative estimate of drug-likeness (QED) is 0.671. The molecular formula is C10H15N3O4. The third-order valence-electron chi connectivity index (χ3n) is 2.01. The molecule has 7 nitrogen and oxygen atoms in total. The van der Waals surface area contributed by atoms with Crippen molar-refractivity contribution in [2.24, 2.45) is 0 Å². The van der Waals surface area contributed by atoms with Crippen LogP contribution in [0.15, 0.2) is 6.20 Å². The van der Waals surface area contributed by atoms with Crippen LogP contribution in [0.25, 0.3) is 0 Å². The van der Waals surface area contributed by atoms with E-state index in [9.17, 15) is 9.59 Å². The molecule has 0 saturated carbocycles. The lowest BCUT2D eigenvalue weighted by Crippen LogP contribution is -2.06. The third-order valence-corrected chi connectivity index (χ3v) is 2.01. The molecule has 1 aromatic heterocycles. The van der Waals surface area contributed by atoms with Gasteiger partial charge in [-0.05, 0) is 13.3 Å². The molecule has 1 heterocycles. The monoisotopic (exact) mass is 241 g/mol. The third kappa shape index (κ3) is 4.21. The Morgan fingerprint density at radius 3 is 2.88 bits per heavy atom. The van der Waals surface area contributed by atoms with Crippen LogP contribution in [0, 0.1) is 0 Å². The molecule has 7 heteroatoms. The van der Waals surface area contributed by atoms with Crippen molar-refractivity contribution in [3.8, 4) is 0 Å². The van der Waals surface area contributed by atoms with E-state index in [1.54, 1.807) is 6.92 Å². The molecule has 0 bridgehead atoms. The second kappa shape index (κ2) is 6.62. The molecule has 0 aromatic carbocycles. The van der Waals surface area contributed by atoms with Crippen molar-refractivity contribution in [1.82, 2.24) is 15.0 Å². The van der Waals surface area contributed by atoms with Gasteiger partial charge in [0.05, 0.1) is 19.9 Å². The highest BCUT2D eigenvalue weighted by molar-refractivity contribution is 5.86. The van der Waals surface area contributed by atoms with E-state index in [2.05, 4.69) is 15.0 Å². The number of nitrogens with zero attached hydrogens (tertiary/aromatic N) is 3. The van der Waals surface area contributed by atoms with Crippen LogP contribution in [0.3, 0.4) is 0 Å². The molecule has 0 aliphatic carbocycles. The fourth-order valence-electron chi connectivity index (χ4n) is 1.22. The van der Waals surface area contributed by atoms with Gasteiger partial charge in [0.2, 0.25) is 0 Å². The molecule has 0 spiro atoms. The highest BCUT2D eigenvalue weighted by atomic mass is 16.5. The number of carbonyl (C=O) groups is 2. The Morgan fingerprint density at radius 1 is 1.47 bits per heavy atom. The molecule has 17 heavy (non-hydrogen) atoms. The van der Waals surface area contributed by atoms with Crippen molar-refractivity contribution in [3.63, 3.8) is 0 Å². The number of hydrogen-bond donors (Lipinski definition) is 0. The van der Waals surface area contributed by atoms with Gasteiger partial charge in [-0.3, -0.25) is 9.48 Å². The maximum absolute atomic E-state index is 11.1. The summed E-state index contributed by atoms with van der Waals surface area (Å²) >= 11 is 0. The molecule has 94 valence electrons. The zero-order chi connectivity index (χ0) is 12.7. The normalized spacial score (nSPS) is 10.0.